The Hall–Kier alpha value is -3.22. The monoisotopic (exact) mass is 308 g/mol. The molecule has 0 saturated carbocycles. The molecular formula is C16H12N4O3. The van der Waals surface area contributed by atoms with Gasteiger partial charge in [-0.2, -0.15) is 4.98 Å². The molecule has 3 aromatic heterocycles. The van der Waals surface area contributed by atoms with Gasteiger partial charge in [0.1, 0.15) is 5.69 Å². The Balaban J connectivity index is 1.84. The summed E-state index contributed by atoms with van der Waals surface area (Å²) in [6.45, 7) is 1.69. The topological polar surface area (TPSA) is 86.9 Å². The van der Waals surface area contributed by atoms with Gasteiger partial charge >= 0.3 is 0 Å². The number of aryl methyl sites for hydroxylation is 2. The molecule has 3 heterocycles. The molecule has 0 fully saturated rings. The van der Waals surface area contributed by atoms with Gasteiger partial charge < -0.3 is 13.5 Å². The van der Waals surface area contributed by atoms with Crippen molar-refractivity contribution in [2.45, 2.75) is 6.92 Å². The van der Waals surface area contributed by atoms with Crippen LogP contribution in [0.4, 0.5) is 0 Å². The van der Waals surface area contributed by atoms with E-state index >= 15 is 0 Å². The molecule has 0 N–H and O–H groups in total. The van der Waals surface area contributed by atoms with E-state index in [1.807, 2.05) is 18.2 Å². The van der Waals surface area contributed by atoms with Crippen molar-refractivity contribution >= 4 is 11.0 Å². The van der Waals surface area contributed by atoms with Crippen LogP contribution in [0.25, 0.3) is 34.1 Å². The molecule has 0 saturated heterocycles. The highest BCUT2D eigenvalue weighted by Gasteiger charge is 2.14. The largest absolute Gasteiger partial charge is 0.459 e. The van der Waals surface area contributed by atoms with Crippen molar-refractivity contribution < 1.29 is 8.94 Å². The molecule has 0 amide bonds. The highest BCUT2D eigenvalue weighted by Crippen LogP contribution is 2.24. The Morgan fingerprint density at radius 2 is 2.04 bits per heavy atom. The maximum atomic E-state index is 11.9. The van der Waals surface area contributed by atoms with Crippen LogP contribution < -0.4 is 5.56 Å². The molecule has 0 aliphatic carbocycles. The first-order chi connectivity index (χ1) is 11.1. The third-order valence-corrected chi connectivity index (χ3v) is 3.66. The van der Waals surface area contributed by atoms with Crippen molar-refractivity contribution in [3.8, 4) is 23.0 Å². The second kappa shape index (κ2) is 4.91. The van der Waals surface area contributed by atoms with Crippen LogP contribution >= 0.6 is 0 Å². The van der Waals surface area contributed by atoms with E-state index in [0.717, 1.165) is 11.1 Å². The van der Waals surface area contributed by atoms with Crippen molar-refractivity contribution in [3.63, 3.8) is 0 Å². The van der Waals surface area contributed by atoms with E-state index in [-0.39, 0.29) is 5.56 Å². The maximum absolute atomic E-state index is 11.9. The fourth-order valence-corrected chi connectivity index (χ4v) is 2.46. The number of rotatable bonds is 2. The minimum atomic E-state index is -0.107. The van der Waals surface area contributed by atoms with E-state index < -0.39 is 0 Å². The molecule has 114 valence electrons. The Bertz CT molecular complexity index is 1060. The standard InChI is InChI=1S/C16H12N4O3/c1-9-16(21)20(2)12-6-5-10(8-11(12)17-9)14-18-15(23-19-14)13-4-3-7-22-13/h3-8H,1-2H3. The number of hydrogen-bond acceptors (Lipinski definition) is 6. The van der Waals surface area contributed by atoms with Gasteiger partial charge in [0.15, 0.2) is 5.76 Å². The van der Waals surface area contributed by atoms with Gasteiger partial charge in [0.2, 0.25) is 5.82 Å². The highest BCUT2D eigenvalue weighted by molar-refractivity contribution is 5.80. The Labute approximate surface area is 130 Å². The molecule has 7 heteroatoms. The summed E-state index contributed by atoms with van der Waals surface area (Å²) >= 11 is 0. The van der Waals surface area contributed by atoms with E-state index in [1.165, 1.54) is 0 Å². The highest BCUT2D eigenvalue weighted by atomic mass is 16.5. The summed E-state index contributed by atoms with van der Waals surface area (Å²) in [6.07, 6.45) is 1.54. The van der Waals surface area contributed by atoms with Crippen molar-refractivity contribution in [3.05, 3.63) is 52.6 Å². The maximum Gasteiger partial charge on any atom is 0.293 e. The van der Waals surface area contributed by atoms with Gasteiger partial charge in [-0.15, -0.1) is 0 Å². The molecule has 0 aliphatic rings. The van der Waals surface area contributed by atoms with E-state index in [4.69, 9.17) is 8.94 Å². The first-order valence-corrected chi connectivity index (χ1v) is 6.99. The third kappa shape index (κ3) is 2.13. The van der Waals surface area contributed by atoms with E-state index in [2.05, 4.69) is 15.1 Å². The number of furan rings is 1. The van der Waals surface area contributed by atoms with Crippen molar-refractivity contribution in [2.24, 2.45) is 7.05 Å². The van der Waals surface area contributed by atoms with Crippen LogP contribution in [0.1, 0.15) is 5.69 Å². The third-order valence-electron chi connectivity index (χ3n) is 3.66. The molecule has 0 bridgehead atoms. The first-order valence-electron chi connectivity index (χ1n) is 6.99. The summed E-state index contributed by atoms with van der Waals surface area (Å²) in [5.41, 5.74) is 2.54. The molecule has 0 unspecified atom stereocenters. The smallest absolute Gasteiger partial charge is 0.293 e. The lowest BCUT2D eigenvalue weighted by Crippen LogP contribution is -2.20. The molecule has 4 aromatic rings. The molecule has 23 heavy (non-hydrogen) atoms. The average molecular weight is 308 g/mol. The van der Waals surface area contributed by atoms with Gasteiger partial charge in [0, 0.05) is 12.6 Å². The van der Waals surface area contributed by atoms with E-state index in [9.17, 15) is 4.79 Å². The Morgan fingerprint density at radius 3 is 2.83 bits per heavy atom. The van der Waals surface area contributed by atoms with Crippen LogP contribution in [0.3, 0.4) is 0 Å². The van der Waals surface area contributed by atoms with Crippen LogP contribution in [0, 0.1) is 6.92 Å². The predicted molar refractivity (Wildman–Crippen MR) is 82.7 cm³/mol. The quantitative estimate of drug-likeness (QED) is 0.565. The molecule has 1 aromatic carbocycles. The lowest BCUT2D eigenvalue weighted by molar-refractivity contribution is 0.417. The molecule has 4 rings (SSSR count). The lowest BCUT2D eigenvalue weighted by Gasteiger charge is -2.06. The van der Waals surface area contributed by atoms with Crippen molar-refractivity contribution in [1.29, 1.82) is 0 Å². The Kier molecular flexibility index (Phi) is 2.87. The zero-order valence-corrected chi connectivity index (χ0v) is 12.5. The zero-order chi connectivity index (χ0) is 16.0. The summed E-state index contributed by atoms with van der Waals surface area (Å²) in [5.74, 6) is 1.27. The normalized spacial score (nSPS) is 11.2. The fourth-order valence-electron chi connectivity index (χ4n) is 2.46. The molecule has 0 radical (unpaired) electrons. The van der Waals surface area contributed by atoms with Gasteiger partial charge in [-0.05, 0) is 37.3 Å². The predicted octanol–water partition coefficient (Wildman–Crippen LogP) is 2.55. The van der Waals surface area contributed by atoms with Gasteiger partial charge in [-0.3, -0.25) is 4.79 Å². The van der Waals surface area contributed by atoms with Gasteiger partial charge in [0.25, 0.3) is 11.4 Å². The summed E-state index contributed by atoms with van der Waals surface area (Å²) in [6, 6.07) is 8.98. The lowest BCUT2D eigenvalue weighted by atomic mass is 10.1. The Morgan fingerprint density at radius 1 is 1.17 bits per heavy atom. The first kappa shape index (κ1) is 13.4. The van der Waals surface area contributed by atoms with Crippen LogP contribution in [0.2, 0.25) is 0 Å². The number of benzene rings is 1. The minimum absolute atomic E-state index is 0.107. The molecule has 0 aliphatic heterocycles. The fraction of sp³-hybridized carbons (Fsp3) is 0.125. The van der Waals surface area contributed by atoms with E-state index in [1.54, 1.807) is 36.9 Å². The number of nitrogens with zero attached hydrogens (tertiary/aromatic N) is 4. The van der Waals surface area contributed by atoms with Gasteiger partial charge in [-0.1, -0.05) is 5.16 Å². The van der Waals surface area contributed by atoms with Crippen molar-refractivity contribution in [1.82, 2.24) is 19.7 Å². The number of hydrogen-bond donors (Lipinski definition) is 0. The van der Waals surface area contributed by atoms with Crippen LogP contribution in [0.5, 0.6) is 0 Å². The second-order valence-corrected chi connectivity index (χ2v) is 5.17. The van der Waals surface area contributed by atoms with Crippen LogP contribution in [-0.4, -0.2) is 19.7 Å². The second-order valence-electron chi connectivity index (χ2n) is 5.17. The van der Waals surface area contributed by atoms with Gasteiger partial charge in [-0.25, -0.2) is 4.98 Å². The molecule has 0 atom stereocenters. The molecule has 7 nitrogen and oxygen atoms in total. The van der Waals surface area contributed by atoms with Crippen LogP contribution in [-0.2, 0) is 7.05 Å². The number of aromatic nitrogens is 4. The van der Waals surface area contributed by atoms with Gasteiger partial charge in [0.05, 0.1) is 17.3 Å². The summed E-state index contributed by atoms with van der Waals surface area (Å²) < 4.78 is 12.0. The molecular weight excluding hydrogens is 296 g/mol. The number of fused-ring (bicyclic) bond motifs is 1. The van der Waals surface area contributed by atoms with E-state index in [0.29, 0.717) is 28.7 Å². The summed E-state index contributed by atoms with van der Waals surface area (Å²) in [5, 5.41) is 3.97. The summed E-state index contributed by atoms with van der Waals surface area (Å²) in [7, 11) is 1.72. The zero-order valence-electron chi connectivity index (χ0n) is 12.5. The summed E-state index contributed by atoms with van der Waals surface area (Å²) in [4.78, 5) is 20.6. The SMILES string of the molecule is Cc1nc2cc(-c3noc(-c4ccco4)n3)ccc2n(C)c1=O. The minimum Gasteiger partial charge on any atom is -0.459 e. The van der Waals surface area contributed by atoms with Crippen molar-refractivity contribution in [2.75, 3.05) is 0 Å². The molecule has 0 spiro atoms. The average Bonchev–Trinajstić information content (AvgIpc) is 3.23. The van der Waals surface area contributed by atoms with Crippen LogP contribution in [0.15, 0.2) is 50.3 Å².